The number of aromatic nitrogens is 3. The van der Waals surface area contributed by atoms with Gasteiger partial charge in [0.05, 0.1) is 11.1 Å². The molecule has 4 aromatic rings. The molecule has 0 saturated heterocycles. The maximum atomic E-state index is 13.5. The van der Waals surface area contributed by atoms with Crippen molar-refractivity contribution in [1.82, 2.24) is 14.8 Å². The number of rotatable bonds is 7. The Morgan fingerprint density at radius 1 is 1.09 bits per heavy atom. The fourth-order valence-electron chi connectivity index (χ4n) is 3.34. The highest BCUT2D eigenvalue weighted by atomic mass is 32.1. The molecule has 0 atom stereocenters. The maximum absolute atomic E-state index is 13.5. The molecule has 32 heavy (non-hydrogen) atoms. The molecular formula is C23H20F2N4O2S. The van der Waals surface area contributed by atoms with E-state index in [1.54, 1.807) is 29.6 Å². The zero-order valence-corrected chi connectivity index (χ0v) is 18.1. The highest BCUT2D eigenvalue weighted by Crippen LogP contribution is 2.26. The topological polar surface area (TPSA) is 76.9 Å². The van der Waals surface area contributed by atoms with Crippen LogP contribution in [0.4, 0.5) is 13.9 Å². The Bertz CT molecular complexity index is 1350. The number of carbonyl (C=O) groups excluding carboxylic acids is 1. The summed E-state index contributed by atoms with van der Waals surface area (Å²) in [6.07, 6.45) is 2.74. The summed E-state index contributed by atoms with van der Waals surface area (Å²) in [6.45, 7) is 2.49. The molecule has 0 aliphatic carbocycles. The van der Waals surface area contributed by atoms with Crippen LogP contribution >= 0.6 is 11.3 Å². The van der Waals surface area contributed by atoms with E-state index >= 15 is 0 Å². The highest BCUT2D eigenvalue weighted by molar-refractivity contribution is 7.14. The lowest BCUT2D eigenvalue weighted by Crippen LogP contribution is -2.27. The Kier molecular flexibility index (Phi) is 6.36. The molecule has 0 spiro atoms. The lowest BCUT2D eigenvalue weighted by molar-refractivity contribution is 0.102. The second-order valence-electron chi connectivity index (χ2n) is 7.25. The molecule has 9 heteroatoms. The number of hydrogen-bond donors (Lipinski definition) is 1. The molecule has 164 valence electrons. The lowest BCUT2D eigenvalue weighted by atomic mass is 10.1. The third-order valence-corrected chi connectivity index (χ3v) is 5.75. The van der Waals surface area contributed by atoms with E-state index in [0.29, 0.717) is 28.6 Å². The first-order valence-corrected chi connectivity index (χ1v) is 11.1. The van der Waals surface area contributed by atoms with Gasteiger partial charge in [-0.3, -0.25) is 14.9 Å². The molecule has 1 N–H and O–H groups in total. The number of benzene rings is 2. The summed E-state index contributed by atoms with van der Waals surface area (Å²) in [6, 6.07) is 10.3. The van der Waals surface area contributed by atoms with E-state index in [9.17, 15) is 18.4 Å². The van der Waals surface area contributed by atoms with Crippen molar-refractivity contribution in [3.63, 3.8) is 0 Å². The van der Waals surface area contributed by atoms with E-state index in [-0.39, 0.29) is 16.4 Å². The van der Waals surface area contributed by atoms with Crippen LogP contribution in [0.5, 0.6) is 0 Å². The van der Waals surface area contributed by atoms with Crippen molar-refractivity contribution in [2.45, 2.75) is 32.7 Å². The molecule has 4 rings (SSSR count). The van der Waals surface area contributed by atoms with Gasteiger partial charge in [-0.05, 0) is 30.7 Å². The van der Waals surface area contributed by atoms with E-state index in [1.807, 2.05) is 0 Å². The van der Waals surface area contributed by atoms with Crippen LogP contribution in [-0.2, 0) is 6.54 Å². The molecule has 0 saturated carbocycles. The fourth-order valence-corrected chi connectivity index (χ4v) is 4.06. The van der Waals surface area contributed by atoms with Gasteiger partial charge in [-0.15, -0.1) is 11.3 Å². The lowest BCUT2D eigenvalue weighted by Gasteiger charge is -2.10. The predicted molar refractivity (Wildman–Crippen MR) is 121 cm³/mol. The van der Waals surface area contributed by atoms with Crippen molar-refractivity contribution in [3.05, 3.63) is 75.5 Å². The molecule has 6 nitrogen and oxygen atoms in total. The molecule has 0 aliphatic heterocycles. The Morgan fingerprint density at radius 2 is 1.88 bits per heavy atom. The molecule has 0 fully saturated rings. The molecule has 0 bridgehead atoms. The van der Waals surface area contributed by atoms with Gasteiger partial charge in [0.2, 0.25) is 0 Å². The van der Waals surface area contributed by atoms with Crippen LogP contribution in [0.1, 0.15) is 36.7 Å². The average molecular weight is 455 g/mol. The zero-order valence-electron chi connectivity index (χ0n) is 17.3. The SMILES string of the molecule is CCCCCn1nc(C(=O)Nc2nc(-c3ccc(F)c(F)c3)cs2)c2ccccc2c1=O. The van der Waals surface area contributed by atoms with Gasteiger partial charge in [0.25, 0.3) is 11.5 Å². The van der Waals surface area contributed by atoms with Crippen molar-refractivity contribution in [1.29, 1.82) is 0 Å². The third-order valence-electron chi connectivity index (χ3n) is 5.00. The van der Waals surface area contributed by atoms with Crippen LogP contribution in [0.2, 0.25) is 0 Å². The van der Waals surface area contributed by atoms with Crippen LogP contribution in [0, 0.1) is 11.6 Å². The minimum Gasteiger partial charge on any atom is -0.296 e. The second-order valence-corrected chi connectivity index (χ2v) is 8.11. The summed E-state index contributed by atoms with van der Waals surface area (Å²) < 4.78 is 28.0. The van der Waals surface area contributed by atoms with Gasteiger partial charge in [-0.1, -0.05) is 38.0 Å². The molecule has 2 aromatic heterocycles. The van der Waals surface area contributed by atoms with Crippen molar-refractivity contribution >= 4 is 33.1 Å². The van der Waals surface area contributed by atoms with Crippen molar-refractivity contribution in [3.8, 4) is 11.3 Å². The minimum absolute atomic E-state index is 0.126. The van der Waals surface area contributed by atoms with Crippen LogP contribution in [0.15, 0.2) is 52.6 Å². The number of hydrogen-bond acceptors (Lipinski definition) is 5. The van der Waals surface area contributed by atoms with E-state index in [1.165, 1.54) is 10.7 Å². The Hall–Kier alpha value is -3.46. The van der Waals surface area contributed by atoms with Crippen LogP contribution in [0.3, 0.4) is 0 Å². The first kappa shape index (κ1) is 21.8. The van der Waals surface area contributed by atoms with Gasteiger partial charge in [0.1, 0.15) is 0 Å². The summed E-state index contributed by atoms with van der Waals surface area (Å²) in [5, 5.41) is 9.84. The maximum Gasteiger partial charge on any atom is 0.278 e. The molecule has 1 amide bonds. The van der Waals surface area contributed by atoms with Gasteiger partial charge >= 0.3 is 0 Å². The van der Waals surface area contributed by atoms with Gasteiger partial charge in [-0.25, -0.2) is 18.4 Å². The summed E-state index contributed by atoms with van der Waals surface area (Å²) in [5.41, 5.74) is 0.699. The van der Waals surface area contributed by atoms with E-state index in [2.05, 4.69) is 22.3 Å². The number of nitrogens with zero attached hydrogens (tertiary/aromatic N) is 3. The van der Waals surface area contributed by atoms with E-state index in [4.69, 9.17) is 0 Å². The van der Waals surface area contributed by atoms with E-state index < -0.39 is 17.5 Å². The number of aryl methyl sites for hydroxylation is 1. The zero-order chi connectivity index (χ0) is 22.7. The first-order valence-electron chi connectivity index (χ1n) is 10.2. The molecular weight excluding hydrogens is 434 g/mol. The minimum atomic E-state index is -0.970. The monoisotopic (exact) mass is 454 g/mol. The second kappa shape index (κ2) is 9.35. The standard InChI is InChI=1S/C23H20F2N4O2S/c1-2-3-6-11-29-22(31)16-8-5-4-7-15(16)20(28-29)21(30)27-23-26-19(13-32-23)14-9-10-17(24)18(25)12-14/h4-5,7-10,12-13H,2-3,6,11H2,1H3,(H,26,27,30). The largest absolute Gasteiger partial charge is 0.296 e. The van der Waals surface area contributed by atoms with E-state index in [0.717, 1.165) is 42.7 Å². The van der Waals surface area contributed by atoms with Crippen LogP contribution in [-0.4, -0.2) is 20.7 Å². The number of anilines is 1. The predicted octanol–water partition coefficient (Wildman–Crippen LogP) is 5.24. The quantitative estimate of drug-likeness (QED) is 0.388. The summed E-state index contributed by atoms with van der Waals surface area (Å²) in [4.78, 5) is 30.1. The van der Waals surface area contributed by atoms with Gasteiger partial charge in [0, 0.05) is 22.9 Å². The number of fused-ring (bicyclic) bond motifs is 1. The Balaban J connectivity index is 1.64. The summed E-state index contributed by atoms with van der Waals surface area (Å²) in [5.74, 6) is -2.41. The number of thiazole rings is 1. The smallest absolute Gasteiger partial charge is 0.278 e. The van der Waals surface area contributed by atoms with Gasteiger partial charge < -0.3 is 0 Å². The summed E-state index contributed by atoms with van der Waals surface area (Å²) >= 11 is 1.15. The Labute approximate surface area is 186 Å². The molecule has 0 radical (unpaired) electrons. The van der Waals surface area contributed by atoms with Gasteiger partial charge in [-0.2, -0.15) is 5.10 Å². The first-order chi connectivity index (χ1) is 15.5. The average Bonchev–Trinajstić information content (AvgIpc) is 3.25. The number of halogens is 2. The molecule has 0 aliphatic rings. The van der Waals surface area contributed by atoms with Crippen molar-refractivity contribution in [2.75, 3.05) is 5.32 Å². The molecule has 2 heterocycles. The number of nitrogens with one attached hydrogen (secondary N) is 1. The number of amides is 1. The normalized spacial score (nSPS) is 11.1. The number of unbranched alkanes of at least 4 members (excludes halogenated alkanes) is 2. The van der Waals surface area contributed by atoms with Crippen LogP contribution in [0.25, 0.3) is 22.0 Å². The van der Waals surface area contributed by atoms with Crippen molar-refractivity contribution < 1.29 is 13.6 Å². The van der Waals surface area contributed by atoms with Gasteiger partial charge in [0.15, 0.2) is 22.5 Å². The molecule has 0 unspecified atom stereocenters. The molecule has 2 aromatic carbocycles. The van der Waals surface area contributed by atoms with Crippen molar-refractivity contribution in [2.24, 2.45) is 0 Å². The summed E-state index contributed by atoms with van der Waals surface area (Å²) in [7, 11) is 0. The van der Waals surface area contributed by atoms with Crippen LogP contribution < -0.4 is 10.9 Å². The Morgan fingerprint density at radius 3 is 2.62 bits per heavy atom. The number of carbonyl (C=O) groups is 1. The third kappa shape index (κ3) is 4.43. The fraction of sp³-hybridized carbons (Fsp3) is 0.217. The highest BCUT2D eigenvalue weighted by Gasteiger charge is 2.18.